The van der Waals surface area contributed by atoms with Gasteiger partial charge in [-0.25, -0.2) is 13.2 Å². The first-order valence-electron chi connectivity index (χ1n) is 10.7. The number of rotatable bonds is 4. The maximum Gasteiger partial charge on any atom is 0.223 e. The summed E-state index contributed by atoms with van der Waals surface area (Å²) < 4.78 is 41.9. The van der Waals surface area contributed by atoms with Crippen LogP contribution in [0.1, 0.15) is 43.6 Å². The molecular weight excluding hydrogens is 405 g/mol. The zero-order valence-corrected chi connectivity index (χ0v) is 16.8. The number of aliphatic hydroxyl groups is 1. The molecule has 162 valence electrons. The Balaban J connectivity index is 1.44. The van der Waals surface area contributed by atoms with Crippen LogP contribution in [0, 0.1) is 23.4 Å². The molecule has 2 fully saturated rings. The number of benzene rings is 2. The van der Waals surface area contributed by atoms with E-state index < -0.39 is 17.7 Å². The summed E-state index contributed by atoms with van der Waals surface area (Å²) in [7, 11) is 0. The summed E-state index contributed by atoms with van der Waals surface area (Å²) >= 11 is 0. The summed E-state index contributed by atoms with van der Waals surface area (Å²) in [4.78, 5) is 15.7. The van der Waals surface area contributed by atoms with E-state index in [2.05, 4.69) is 10.3 Å². The summed E-state index contributed by atoms with van der Waals surface area (Å²) in [5, 5.41) is 13.3. The minimum Gasteiger partial charge on any atom is -0.391 e. The lowest BCUT2D eigenvalue weighted by atomic mass is 9.69. The Morgan fingerprint density at radius 3 is 2.45 bits per heavy atom. The molecule has 7 heteroatoms. The third-order valence-corrected chi connectivity index (χ3v) is 6.72. The van der Waals surface area contributed by atoms with Gasteiger partial charge >= 0.3 is 0 Å². The highest BCUT2D eigenvalue weighted by Gasteiger charge is 2.40. The lowest BCUT2D eigenvalue weighted by molar-refractivity contribution is -0.129. The van der Waals surface area contributed by atoms with Gasteiger partial charge in [0.25, 0.3) is 0 Å². The van der Waals surface area contributed by atoms with Crippen LogP contribution in [0.4, 0.5) is 13.2 Å². The smallest absolute Gasteiger partial charge is 0.223 e. The fourth-order valence-electron chi connectivity index (χ4n) is 4.99. The SMILES string of the molecule is O=C(N[C@@H]1CCC[C@H]1O)[C@H]1C[C@H](c2c(-c3ccc(F)cc3)[nH]c3c(F)cc(F)cc32)C1. The van der Waals surface area contributed by atoms with Crippen LogP contribution in [0.5, 0.6) is 0 Å². The average molecular weight is 428 g/mol. The van der Waals surface area contributed by atoms with E-state index in [1.807, 2.05) is 0 Å². The van der Waals surface area contributed by atoms with Gasteiger partial charge in [-0.2, -0.15) is 0 Å². The van der Waals surface area contributed by atoms with Crippen molar-refractivity contribution in [3.8, 4) is 11.3 Å². The summed E-state index contributed by atoms with van der Waals surface area (Å²) in [5.41, 5.74) is 2.26. The van der Waals surface area contributed by atoms with Crippen molar-refractivity contribution in [1.29, 1.82) is 0 Å². The zero-order valence-electron chi connectivity index (χ0n) is 16.8. The highest BCUT2D eigenvalue weighted by atomic mass is 19.1. The maximum absolute atomic E-state index is 14.5. The summed E-state index contributed by atoms with van der Waals surface area (Å²) in [5.74, 6) is -2.08. The predicted molar refractivity (Wildman–Crippen MR) is 111 cm³/mol. The third-order valence-electron chi connectivity index (χ3n) is 6.72. The molecule has 0 radical (unpaired) electrons. The van der Waals surface area contributed by atoms with Crippen LogP contribution >= 0.6 is 0 Å². The fraction of sp³-hybridized carbons (Fsp3) is 0.375. The predicted octanol–water partition coefficient (Wildman–Crippen LogP) is 4.78. The van der Waals surface area contributed by atoms with Gasteiger partial charge in [0, 0.05) is 17.4 Å². The Bertz CT molecular complexity index is 1140. The molecule has 2 atom stereocenters. The first-order valence-corrected chi connectivity index (χ1v) is 10.7. The monoisotopic (exact) mass is 428 g/mol. The van der Waals surface area contributed by atoms with Crippen LogP contribution in [-0.4, -0.2) is 28.1 Å². The number of amides is 1. The fourth-order valence-corrected chi connectivity index (χ4v) is 4.99. The standard InChI is InChI=1S/C24H23F3N2O2/c25-15-6-4-12(5-7-15)22-21(17-10-16(26)11-18(27)23(17)29-22)13-8-14(9-13)24(31)28-19-2-1-3-20(19)30/h4-7,10-11,13-14,19-20,29-30H,1-3,8-9H2,(H,28,31)/t13-,14-,19-,20-/m1/s1. The third kappa shape index (κ3) is 3.61. The molecule has 0 spiro atoms. The molecule has 5 rings (SSSR count). The second kappa shape index (κ2) is 7.71. The molecule has 3 N–H and O–H groups in total. The van der Waals surface area contributed by atoms with E-state index in [0.29, 0.717) is 35.9 Å². The number of fused-ring (bicyclic) bond motifs is 1. The summed E-state index contributed by atoms with van der Waals surface area (Å²) in [6.45, 7) is 0. The molecule has 0 unspecified atom stereocenters. The number of hydrogen-bond acceptors (Lipinski definition) is 2. The number of H-pyrrole nitrogens is 1. The minimum atomic E-state index is -0.687. The molecule has 3 aromatic rings. The Labute approximate surface area is 177 Å². The normalized spacial score (nSPS) is 25.5. The average Bonchev–Trinajstić information content (AvgIpc) is 3.26. The number of aromatic nitrogens is 1. The van der Waals surface area contributed by atoms with Crippen LogP contribution in [0.2, 0.25) is 0 Å². The van der Waals surface area contributed by atoms with Crippen molar-refractivity contribution in [3.63, 3.8) is 0 Å². The van der Waals surface area contributed by atoms with Gasteiger partial charge in [0.2, 0.25) is 5.91 Å². The van der Waals surface area contributed by atoms with Gasteiger partial charge in [-0.1, -0.05) is 0 Å². The van der Waals surface area contributed by atoms with Gasteiger partial charge < -0.3 is 15.4 Å². The van der Waals surface area contributed by atoms with Gasteiger partial charge in [0.05, 0.1) is 23.4 Å². The number of carbonyl (C=O) groups is 1. The molecule has 2 aromatic carbocycles. The molecule has 4 nitrogen and oxygen atoms in total. The number of carbonyl (C=O) groups excluding carboxylic acids is 1. The van der Waals surface area contributed by atoms with Crippen molar-refractivity contribution in [2.75, 3.05) is 0 Å². The van der Waals surface area contributed by atoms with Gasteiger partial charge in [0.1, 0.15) is 17.5 Å². The topological polar surface area (TPSA) is 65.1 Å². The van der Waals surface area contributed by atoms with E-state index in [4.69, 9.17) is 0 Å². The van der Waals surface area contributed by atoms with Crippen LogP contribution < -0.4 is 5.32 Å². The van der Waals surface area contributed by atoms with E-state index >= 15 is 0 Å². The lowest BCUT2D eigenvalue weighted by Gasteiger charge is -2.36. The molecule has 1 amide bonds. The highest BCUT2D eigenvalue weighted by Crippen LogP contribution is 2.48. The van der Waals surface area contributed by atoms with Crippen LogP contribution in [0.25, 0.3) is 22.2 Å². The quantitative estimate of drug-likeness (QED) is 0.560. The van der Waals surface area contributed by atoms with Gasteiger partial charge in [-0.3, -0.25) is 4.79 Å². The van der Waals surface area contributed by atoms with Crippen molar-refractivity contribution in [3.05, 3.63) is 59.4 Å². The molecule has 1 heterocycles. The van der Waals surface area contributed by atoms with E-state index in [9.17, 15) is 23.1 Å². The van der Waals surface area contributed by atoms with Crippen molar-refractivity contribution in [1.82, 2.24) is 10.3 Å². The molecular formula is C24H23F3N2O2. The molecule has 0 aliphatic heterocycles. The number of aliphatic hydroxyl groups excluding tert-OH is 1. The maximum atomic E-state index is 14.5. The number of nitrogens with one attached hydrogen (secondary N) is 2. The second-order valence-corrected chi connectivity index (χ2v) is 8.71. The number of halogens is 3. The Hall–Kier alpha value is -2.80. The summed E-state index contributed by atoms with van der Waals surface area (Å²) in [6, 6.07) is 7.79. The Morgan fingerprint density at radius 2 is 1.77 bits per heavy atom. The second-order valence-electron chi connectivity index (χ2n) is 8.71. The van der Waals surface area contributed by atoms with E-state index in [1.54, 1.807) is 12.1 Å². The Kier molecular flexibility index (Phi) is 5.01. The van der Waals surface area contributed by atoms with E-state index in [1.165, 1.54) is 18.2 Å². The molecule has 0 saturated heterocycles. The van der Waals surface area contributed by atoms with Gasteiger partial charge in [0.15, 0.2) is 0 Å². The van der Waals surface area contributed by atoms with E-state index in [-0.39, 0.29) is 35.1 Å². The zero-order chi connectivity index (χ0) is 21.7. The van der Waals surface area contributed by atoms with Crippen molar-refractivity contribution >= 4 is 16.8 Å². The Morgan fingerprint density at radius 1 is 1.03 bits per heavy atom. The van der Waals surface area contributed by atoms with E-state index in [0.717, 1.165) is 24.5 Å². The molecule has 2 saturated carbocycles. The van der Waals surface area contributed by atoms with Crippen LogP contribution in [0.15, 0.2) is 36.4 Å². The van der Waals surface area contributed by atoms with Gasteiger partial charge in [-0.05, 0) is 79.5 Å². The van der Waals surface area contributed by atoms with Crippen molar-refractivity contribution in [2.24, 2.45) is 5.92 Å². The minimum absolute atomic E-state index is 0.0562. The van der Waals surface area contributed by atoms with Crippen LogP contribution in [0.3, 0.4) is 0 Å². The highest BCUT2D eigenvalue weighted by molar-refractivity contribution is 5.92. The largest absolute Gasteiger partial charge is 0.391 e. The number of hydrogen-bond donors (Lipinski definition) is 3. The van der Waals surface area contributed by atoms with Crippen molar-refractivity contribution < 1.29 is 23.1 Å². The number of aromatic amines is 1. The molecule has 2 aliphatic carbocycles. The summed E-state index contributed by atoms with van der Waals surface area (Å²) in [6.07, 6.45) is 2.98. The first-order chi connectivity index (χ1) is 14.9. The van der Waals surface area contributed by atoms with Gasteiger partial charge in [-0.15, -0.1) is 0 Å². The molecule has 0 bridgehead atoms. The molecule has 31 heavy (non-hydrogen) atoms. The first kappa shape index (κ1) is 20.1. The molecule has 2 aliphatic rings. The van der Waals surface area contributed by atoms with Crippen LogP contribution in [-0.2, 0) is 4.79 Å². The van der Waals surface area contributed by atoms with Crippen molar-refractivity contribution in [2.45, 2.75) is 50.2 Å². The lowest BCUT2D eigenvalue weighted by Crippen LogP contribution is -2.45. The molecule has 1 aromatic heterocycles.